The highest BCUT2D eigenvalue weighted by Gasteiger charge is 2.10. The fourth-order valence-electron chi connectivity index (χ4n) is 1.94. The lowest BCUT2D eigenvalue weighted by Gasteiger charge is -2.18. The molecule has 0 bridgehead atoms. The van der Waals surface area contributed by atoms with Crippen LogP contribution >= 0.6 is 43.5 Å². The number of nitrogens with one attached hydrogen (secondary N) is 1. The predicted molar refractivity (Wildman–Crippen MR) is 91.9 cm³/mol. The van der Waals surface area contributed by atoms with E-state index in [1.807, 2.05) is 30.3 Å². The summed E-state index contributed by atoms with van der Waals surface area (Å²) in [5.41, 5.74) is 2.14. The Balaban J connectivity index is 2.18. The molecular formula is C15H14Br2ClNO. The van der Waals surface area contributed by atoms with Gasteiger partial charge in [-0.15, -0.1) is 0 Å². The molecule has 1 unspecified atom stereocenters. The van der Waals surface area contributed by atoms with Crippen molar-refractivity contribution < 1.29 is 4.74 Å². The molecule has 0 amide bonds. The van der Waals surface area contributed by atoms with Gasteiger partial charge in [0.05, 0.1) is 12.1 Å². The summed E-state index contributed by atoms with van der Waals surface area (Å²) in [6, 6.07) is 12.0. The summed E-state index contributed by atoms with van der Waals surface area (Å²) in [6.07, 6.45) is 0. The number of methoxy groups -OCH3 is 1. The Morgan fingerprint density at radius 1 is 1.15 bits per heavy atom. The third kappa shape index (κ3) is 3.68. The number of anilines is 1. The number of hydrogen-bond donors (Lipinski definition) is 1. The molecule has 0 fully saturated rings. The normalized spacial score (nSPS) is 12.1. The van der Waals surface area contributed by atoms with Crippen LogP contribution in [0.5, 0.6) is 5.75 Å². The SMILES string of the molecule is COc1ccc(NC(C)c2ccc(Br)cc2Br)cc1Cl. The lowest BCUT2D eigenvalue weighted by molar-refractivity contribution is 0.415. The zero-order valence-electron chi connectivity index (χ0n) is 11.1. The molecule has 106 valence electrons. The predicted octanol–water partition coefficient (Wildman–Crippen LogP) is 6.05. The molecule has 0 saturated carbocycles. The first kappa shape index (κ1) is 15.7. The first-order chi connectivity index (χ1) is 9.51. The summed E-state index contributed by atoms with van der Waals surface area (Å²) in [6.45, 7) is 2.10. The van der Waals surface area contributed by atoms with Gasteiger partial charge in [0.25, 0.3) is 0 Å². The number of ether oxygens (including phenoxy) is 1. The lowest BCUT2D eigenvalue weighted by Crippen LogP contribution is -2.07. The molecule has 2 nitrogen and oxygen atoms in total. The monoisotopic (exact) mass is 417 g/mol. The number of halogens is 3. The van der Waals surface area contributed by atoms with E-state index in [2.05, 4.69) is 50.2 Å². The van der Waals surface area contributed by atoms with Crippen LogP contribution in [-0.4, -0.2) is 7.11 Å². The summed E-state index contributed by atoms with van der Waals surface area (Å²) in [5.74, 6) is 0.676. The average Bonchev–Trinajstić information content (AvgIpc) is 2.38. The van der Waals surface area contributed by atoms with Gasteiger partial charge in [0.2, 0.25) is 0 Å². The van der Waals surface area contributed by atoms with Crippen molar-refractivity contribution in [2.75, 3.05) is 12.4 Å². The van der Waals surface area contributed by atoms with Gasteiger partial charge in [-0.05, 0) is 42.8 Å². The van der Waals surface area contributed by atoms with Crippen molar-refractivity contribution in [3.63, 3.8) is 0 Å². The van der Waals surface area contributed by atoms with Crippen LogP contribution in [0.2, 0.25) is 5.02 Å². The van der Waals surface area contributed by atoms with Gasteiger partial charge in [0.15, 0.2) is 0 Å². The van der Waals surface area contributed by atoms with Gasteiger partial charge in [-0.1, -0.05) is 49.5 Å². The van der Waals surface area contributed by atoms with E-state index in [4.69, 9.17) is 16.3 Å². The van der Waals surface area contributed by atoms with Crippen LogP contribution < -0.4 is 10.1 Å². The Kier molecular flexibility index (Phi) is 5.35. The molecule has 1 N–H and O–H groups in total. The summed E-state index contributed by atoms with van der Waals surface area (Å²) in [4.78, 5) is 0. The van der Waals surface area contributed by atoms with Crippen LogP contribution in [0.25, 0.3) is 0 Å². The van der Waals surface area contributed by atoms with Gasteiger partial charge in [0, 0.05) is 20.7 Å². The minimum atomic E-state index is 0.155. The zero-order valence-corrected chi connectivity index (χ0v) is 15.0. The number of benzene rings is 2. The van der Waals surface area contributed by atoms with Crippen LogP contribution in [0.1, 0.15) is 18.5 Å². The maximum atomic E-state index is 6.13. The quantitative estimate of drug-likeness (QED) is 0.652. The van der Waals surface area contributed by atoms with Crippen molar-refractivity contribution in [3.05, 3.63) is 55.9 Å². The van der Waals surface area contributed by atoms with Crippen molar-refractivity contribution in [2.24, 2.45) is 0 Å². The molecule has 0 aromatic heterocycles. The van der Waals surface area contributed by atoms with Gasteiger partial charge in [0.1, 0.15) is 5.75 Å². The van der Waals surface area contributed by atoms with Crippen LogP contribution in [0.4, 0.5) is 5.69 Å². The smallest absolute Gasteiger partial charge is 0.137 e. The molecule has 2 aromatic carbocycles. The molecule has 5 heteroatoms. The fraction of sp³-hybridized carbons (Fsp3) is 0.200. The van der Waals surface area contributed by atoms with Crippen LogP contribution in [0.15, 0.2) is 45.3 Å². The third-order valence-corrected chi connectivity index (χ3v) is 4.44. The van der Waals surface area contributed by atoms with Crippen molar-refractivity contribution in [1.29, 1.82) is 0 Å². The Labute approximate surface area is 140 Å². The van der Waals surface area contributed by atoms with Crippen molar-refractivity contribution >= 4 is 49.1 Å². The topological polar surface area (TPSA) is 21.3 Å². The van der Waals surface area contributed by atoms with E-state index < -0.39 is 0 Å². The van der Waals surface area contributed by atoms with Gasteiger partial charge >= 0.3 is 0 Å². The number of rotatable bonds is 4. The van der Waals surface area contributed by atoms with Crippen LogP contribution in [0, 0.1) is 0 Å². The minimum absolute atomic E-state index is 0.155. The molecule has 0 heterocycles. The molecule has 0 radical (unpaired) electrons. The Morgan fingerprint density at radius 2 is 1.90 bits per heavy atom. The first-order valence-electron chi connectivity index (χ1n) is 6.06. The summed E-state index contributed by atoms with van der Waals surface area (Å²) < 4.78 is 7.26. The molecule has 2 rings (SSSR count). The highest BCUT2D eigenvalue weighted by Crippen LogP contribution is 2.31. The molecule has 0 aliphatic heterocycles. The highest BCUT2D eigenvalue weighted by molar-refractivity contribution is 9.11. The van der Waals surface area contributed by atoms with E-state index in [1.54, 1.807) is 7.11 Å². The van der Waals surface area contributed by atoms with Gasteiger partial charge in [-0.25, -0.2) is 0 Å². The first-order valence-corrected chi connectivity index (χ1v) is 8.02. The minimum Gasteiger partial charge on any atom is -0.495 e. The lowest BCUT2D eigenvalue weighted by atomic mass is 10.1. The summed E-state index contributed by atoms with van der Waals surface area (Å²) in [7, 11) is 1.61. The Bertz CT molecular complexity index is 619. The van der Waals surface area contributed by atoms with E-state index in [0.717, 1.165) is 14.6 Å². The molecule has 0 aliphatic rings. The van der Waals surface area contributed by atoms with Crippen molar-refractivity contribution in [1.82, 2.24) is 0 Å². The summed E-state index contributed by atoms with van der Waals surface area (Å²) in [5, 5.41) is 4.02. The second kappa shape index (κ2) is 6.83. The highest BCUT2D eigenvalue weighted by atomic mass is 79.9. The number of hydrogen-bond acceptors (Lipinski definition) is 2. The maximum absolute atomic E-state index is 6.13. The second-order valence-corrected chi connectivity index (χ2v) is 6.56. The largest absolute Gasteiger partial charge is 0.495 e. The third-order valence-electron chi connectivity index (χ3n) is 2.96. The molecule has 1 atom stereocenters. The summed E-state index contributed by atoms with van der Waals surface area (Å²) >= 11 is 13.2. The average molecular weight is 420 g/mol. The molecule has 0 aliphatic carbocycles. The molecule has 0 saturated heterocycles. The van der Waals surface area contributed by atoms with Gasteiger partial charge in [-0.3, -0.25) is 0 Å². The van der Waals surface area contributed by atoms with Crippen molar-refractivity contribution in [2.45, 2.75) is 13.0 Å². The Morgan fingerprint density at radius 3 is 2.50 bits per heavy atom. The van der Waals surface area contributed by atoms with Crippen molar-refractivity contribution in [3.8, 4) is 5.75 Å². The van der Waals surface area contributed by atoms with E-state index in [0.29, 0.717) is 10.8 Å². The van der Waals surface area contributed by atoms with E-state index in [1.165, 1.54) is 5.56 Å². The fourth-order valence-corrected chi connectivity index (χ4v) is 3.58. The molecule has 2 aromatic rings. The maximum Gasteiger partial charge on any atom is 0.137 e. The van der Waals surface area contributed by atoms with E-state index >= 15 is 0 Å². The van der Waals surface area contributed by atoms with Crippen LogP contribution in [-0.2, 0) is 0 Å². The molecule has 0 spiro atoms. The van der Waals surface area contributed by atoms with E-state index in [-0.39, 0.29) is 6.04 Å². The van der Waals surface area contributed by atoms with Crippen LogP contribution in [0.3, 0.4) is 0 Å². The molecular weight excluding hydrogens is 405 g/mol. The van der Waals surface area contributed by atoms with Gasteiger partial charge in [-0.2, -0.15) is 0 Å². The molecule has 20 heavy (non-hydrogen) atoms. The standard InChI is InChI=1S/C15H14Br2ClNO/c1-9(12-5-3-10(16)7-13(12)17)19-11-4-6-15(20-2)14(18)8-11/h3-9,19H,1-2H3. The zero-order chi connectivity index (χ0) is 14.7. The van der Waals surface area contributed by atoms with Gasteiger partial charge < -0.3 is 10.1 Å². The Hall–Kier alpha value is -0.710. The second-order valence-electron chi connectivity index (χ2n) is 4.38. The van der Waals surface area contributed by atoms with E-state index in [9.17, 15) is 0 Å².